The third kappa shape index (κ3) is 4.23. The van der Waals surface area contributed by atoms with Gasteiger partial charge in [-0.25, -0.2) is 9.48 Å². The summed E-state index contributed by atoms with van der Waals surface area (Å²) >= 11 is 0. The predicted octanol–water partition coefficient (Wildman–Crippen LogP) is 4.79. The zero-order valence-electron chi connectivity index (χ0n) is 20.4. The molecular weight excluding hydrogens is 438 g/mol. The maximum Gasteiger partial charge on any atom is 0.318 e. The quantitative estimate of drug-likeness (QED) is 0.413. The van der Waals surface area contributed by atoms with Gasteiger partial charge in [-0.05, 0) is 48.7 Å². The molecule has 0 unspecified atom stereocenters. The van der Waals surface area contributed by atoms with E-state index in [1.807, 2.05) is 40.8 Å². The van der Waals surface area contributed by atoms with Crippen molar-refractivity contribution in [3.8, 4) is 11.5 Å². The fourth-order valence-corrected chi connectivity index (χ4v) is 4.80. The molecule has 0 fully saturated rings. The van der Waals surface area contributed by atoms with Crippen molar-refractivity contribution in [1.82, 2.24) is 24.6 Å². The van der Waals surface area contributed by atoms with Gasteiger partial charge in [-0.15, -0.1) is 0 Å². The monoisotopic (exact) mass is 469 g/mol. The standard InChI is InChI=1S/C28H31N5O2/c1-4-21-12-14-22(15-13-21)26-25-11-8-17-31(25)27-24(19-32(26)28(34)29-16-18-35-3)20(2)30-33(27)23-9-6-5-7-10-23/h5-15,17,26H,4,16,18-19H2,1-3H3,(H,29,34)/t26-/m0/s1. The molecule has 180 valence electrons. The Morgan fingerprint density at radius 1 is 1.09 bits per heavy atom. The lowest BCUT2D eigenvalue weighted by atomic mass is 10.00. The van der Waals surface area contributed by atoms with Crippen LogP contribution in [0.2, 0.25) is 0 Å². The van der Waals surface area contributed by atoms with Gasteiger partial charge in [-0.2, -0.15) is 5.10 Å². The Morgan fingerprint density at radius 2 is 1.86 bits per heavy atom. The van der Waals surface area contributed by atoms with Gasteiger partial charge in [0.25, 0.3) is 0 Å². The van der Waals surface area contributed by atoms with Gasteiger partial charge in [0, 0.05) is 25.4 Å². The average molecular weight is 470 g/mol. The maximum absolute atomic E-state index is 13.6. The Balaban J connectivity index is 1.68. The molecule has 4 aromatic rings. The summed E-state index contributed by atoms with van der Waals surface area (Å²) in [6.45, 7) is 5.51. The molecule has 5 rings (SSSR count). The van der Waals surface area contributed by atoms with Crippen molar-refractivity contribution in [2.75, 3.05) is 20.3 Å². The van der Waals surface area contributed by atoms with Gasteiger partial charge in [0.2, 0.25) is 0 Å². The average Bonchev–Trinajstić information content (AvgIpc) is 3.45. The Hall–Kier alpha value is -3.84. The van der Waals surface area contributed by atoms with Gasteiger partial charge in [-0.3, -0.25) is 0 Å². The summed E-state index contributed by atoms with van der Waals surface area (Å²) in [6.07, 6.45) is 3.04. The van der Waals surface area contributed by atoms with Crippen molar-refractivity contribution >= 4 is 6.03 Å². The molecule has 7 nitrogen and oxygen atoms in total. The first-order valence-electron chi connectivity index (χ1n) is 12.1. The maximum atomic E-state index is 13.6. The number of aromatic nitrogens is 3. The number of aryl methyl sites for hydroxylation is 2. The summed E-state index contributed by atoms with van der Waals surface area (Å²) in [5.74, 6) is 0.969. The third-order valence-corrected chi connectivity index (χ3v) is 6.63. The van der Waals surface area contributed by atoms with Gasteiger partial charge in [0.05, 0.1) is 36.3 Å². The van der Waals surface area contributed by atoms with Crippen molar-refractivity contribution in [1.29, 1.82) is 0 Å². The third-order valence-electron chi connectivity index (χ3n) is 6.63. The van der Waals surface area contributed by atoms with E-state index >= 15 is 0 Å². The number of hydrogen-bond donors (Lipinski definition) is 1. The van der Waals surface area contributed by atoms with Crippen molar-refractivity contribution < 1.29 is 9.53 Å². The molecule has 2 amide bonds. The molecule has 0 radical (unpaired) electrons. The molecule has 2 aromatic carbocycles. The number of nitrogens with one attached hydrogen (secondary N) is 1. The zero-order chi connectivity index (χ0) is 24.4. The lowest BCUT2D eigenvalue weighted by Gasteiger charge is -2.31. The summed E-state index contributed by atoms with van der Waals surface area (Å²) in [5.41, 5.74) is 6.28. The van der Waals surface area contributed by atoms with Crippen LogP contribution in [0.25, 0.3) is 11.5 Å². The molecule has 1 N–H and O–H groups in total. The van der Waals surface area contributed by atoms with Crippen molar-refractivity contribution in [2.24, 2.45) is 0 Å². The number of nitrogens with zero attached hydrogens (tertiary/aromatic N) is 4. The van der Waals surface area contributed by atoms with Gasteiger partial charge < -0.3 is 19.5 Å². The first-order chi connectivity index (χ1) is 17.1. The molecule has 3 heterocycles. The number of methoxy groups -OCH3 is 1. The van der Waals surface area contributed by atoms with Crippen LogP contribution >= 0.6 is 0 Å². The number of fused-ring (bicyclic) bond motifs is 3. The summed E-state index contributed by atoms with van der Waals surface area (Å²) in [4.78, 5) is 15.5. The normalized spacial score (nSPS) is 14.8. The summed E-state index contributed by atoms with van der Waals surface area (Å²) in [7, 11) is 1.64. The Morgan fingerprint density at radius 3 is 2.57 bits per heavy atom. The fraction of sp³-hybridized carbons (Fsp3) is 0.286. The van der Waals surface area contributed by atoms with Gasteiger partial charge in [0.15, 0.2) is 0 Å². The molecule has 1 atom stereocenters. The smallest absolute Gasteiger partial charge is 0.318 e. The highest BCUT2D eigenvalue weighted by atomic mass is 16.5. The van der Waals surface area contributed by atoms with Crippen LogP contribution in [-0.4, -0.2) is 45.5 Å². The van der Waals surface area contributed by atoms with E-state index in [0.29, 0.717) is 19.7 Å². The van der Waals surface area contributed by atoms with E-state index in [4.69, 9.17) is 9.84 Å². The zero-order valence-corrected chi connectivity index (χ0v) is 20.4. The number of amides is 2. The SMILES string of the molecule is CCc1ccc([C@H]2c3cccn3-c3c(c(C)nn3-c3ccccc3)CN2C(=O)NCCOC)cc1. The van der Waals surface area contributed by atoms with Crippen LogP contribution in [0.4, 0.5) is 4.79 Å². The van der Waals surface area contributed by atoms with Gasteiger partial charge in [-0.1, -0.05) is 49.4 Å². The molecule has 0 bridgehead atoms. The van der Waals surface area contributed by atoms with Crippen molar-refractivity contribution in [3.63, 3.8) is 0 Å². The van der Waals surface area contributed by atoms with E-state index in [9.17, 15) is 4.79 Å². The van der Waals surface area contributed by atoms with E-state index in [1.54, 1.807) is 7.11 Å². The number of benzene rings is 2. The molecule has 0 saturated carbocycles. The van der Waals surface area contributed by atoms with Crippen molar-refractivity contribution in [3.05, 3.63) is 101 Å². The Labute approximate surface area is 205 Å². The molecule has 1 aliphatic rings. The molecule has 0 saturated heterocycles. The predicted molar refractivity (Wildman–Crippen MR) is 136 cm³/mol. The minimum Gasteiger partial charge on any atom is -0.383 e. The Kier molecular flexibility index (Phi) is 6.42. The van der Waals surface area contributed by atoms with Crippen LogP contribution < -0.4 is 5.32 Å². The summed E-state index contributed by atoms with van der Waals surface area (Å²) < 4.78 is 9.33. The summed E-state index contributed by atoms with van der Waals surface area (Å²) in [5, 5.41) is 7.93. The first kappa shape index (κ1) is 22.9. The number of hydrogen-bond acceptors (Lipinski definition) is 3. The summed E-state index contributed by atoms with van der Waals surface area (Å²) in [6, 6.07) is 22.5. The van der Waals surface area contributed by atoms with E-state index in [1.165, 1.54) is 5.56 Å². The molecular formula is C28H31N5O2. The van der Waals surface area contributed by atoms with Crippen LogP contribution in [0.15, 0.2) is 72.9 Å². The number of ether oxygens (including phenoxy) is 1. The number of rotatable bonds is 6. The minimum absolute atomic E-state index is 0.126. The second-order valence-electron chi connectivity index (χ2n) is 8.79. The molecule has 0 aliphatic carbocycles. The number of para-hydroxylation sites is 1. The molecule has 1 aliphatic heterocycles. The molecule has 35 heavy (non-hydrogen) atoms. The highest BCUT2D eigenvalue weighted by Crippen LogP contribution is 2.38. The topological polar surface area (TPSA) is 64.3 Å². The van der Waals surface area contributed by atoms with E-state index < -0.39 is 0 Å². The van der Waals surface area contributed by atoms with E-state index in [0.717, 1.165) is 40.4 Å². The van der Waals surface area contributed by atoms with E-state index in [2.05, 4.69) is 65.5 Å². The van der Waals surface area contributed by atoms with Crippen LogP contribution in [-0.2, 0) is 17.7 Å². The van der Waals surface area contributed by atoms with Crippen LogP contribution in [0.1, 0.15) is 41.0 Å². The minimum atomic E-state index is -0.255. The molecule has 7 heteroatoms. The lowest BCUT2D eigenvalue weighted by molar-refractivity contribution is 0.168. The molecule has 2 aromatic heterocycles. The van der Waals surface area contributed by atoms with Crippen LogP contribution in [0, 0.1) is 6.92 Å². The largest absolute Gasteiger partial charge is 0.383 e. The fourth-order valence-electron chi connectivity index (χ4n) is 4.80. The van der Waals surface area contributed by atoms with Crippen LogP contribution in [0.3, 0.4) is 0 Å². The number of carbonyl (C=O) groups is 1. The highest BCUT2D eigenvalue weighted by molar-refractivity contribution is 5.76. The van der Waals surface area contributed by atoms with E-state index in [-0.39, 0.29) is 12.1 Å². The van der Waals surface area contributed by atoms with Crippen LogP contribution in [0.5, 0.6) is 0 Å². The Bertz CT molecular complexity index is 1310. The number of urea groups is 1. The van der Waals surface area contributed by atoms with Gasteiger partial charge >= 0.3 is 6.03 Å². The van der Waals surface area contributed by atoms with Gasteiger partial charge in [0.1, 0.15) is 5.82 Å². The lowest BCUT2D eigenvalue weighted by Crippen LogP contribution is -2.43. The second kappa shape index (κ2) is 9.80. The second-order valence-corrected chi connectivity index (χ2v) is 8.79. The first-order valence-corrected chi connectivity index (χ1v) is 12.1. The highest BCUT2D eigenvalue weighted by Gasteiger charge is 2.35. The molecule has 0 spiro atoms. The number of carbonyl (C=O) groups excluding carboxylic acids is 1. The van der Waals surface area contributed by atoms with Crippen molar-refractivity contribution in [2.45, 2.75) is 32.9 Å².